The van der Waals surface area contributed by atoms with Gasteiger partial charge in [-0.1, -0.05) is 18.2 Å². The SMILES string of the molecule is COc1cccc(C(=O)N2CCC(NC(=O)c3ccccc3OC)CC2)c1. The molecule has 27 heavy (non-hydrogen) atoms. The van der Waals surface area contributed by atoms with E-state index >= 15 is 0 Å². The van der Waals surface area contributed by atoms with Crippen LogP contribution in [0.3, 0.4) is 0 Å². The molecule has 2 aromatic carbocycles. The van der Waals surface area contributed by atoms with Gasteiger partial charge in [0, 0.05) is 24.7 Å². The molecule has 0 unspecified atom stereocenters. The van der Waals surface area contributed by atoms with Crippen LogP contribution in [0.25, 0.3) is 0 Å². The lowest BCUT2D eigenvalue weighted by atomic mass is 10.0. The molecule has 0 spiro atoms. The monoisotopic (exact) mass is 368 g/mol. The summed E-state index contributed by atoms with van der Waals surface area (Å²) in [5, 5.41) is 3.05. The van der Waals surface area contributed by atoms with Gasteiger partial charge in [0.2, 0.25) is 0 Å². The molecule has 2 amide bonds. The summed E-state index contributed by atoms with van der Waals surface area (Å²) in [5.41, 5.74) is 1.14. The molecule has 6 nitrogen and oxygen atoms in total. The second-order valence-corrected chi connectivity index (χ2v) is 6.47. The van der Waals surface area contributed by atoms with Crippen molar-refractivity contribution in [2.45, 2.75) is 18.9 Å². The molecule has 0 aromatic heterocycles. The van der Waals surface area contributed by atoms with Gasteiger partial charge < -0.3 is 19.7 Å². The van der Waals surface area contributed by atoms with Gasteiger partial charge in [-0.2, -0.15) is 0 Å². The van der Waals surface area contributed by atoms with Crippen molar-refractivity contribution in [3.05, 3.63) is 59.7 Å². The first-order valence-electron chi connectivity index (χ1n) is 8.99. The smallest absolute Gasteiger partial charge is 0.255 e. The maximum Gasteiger partial charge on any atom is 0.255 e. The molecule has 2 aromatic rings. The van der Waals surface area contributed by atoms with Crippen LogP contribution >= 0.6 is 0 Å². The first kappa shape index (κ1) is 18.8. The fraction of sp³-hybridized carbons (Fsp3) is 0.333. The van der Waals surface area contributed by atoms with Gasteiger partial charge in [0.15, 0.2) is 0 Å². The number of benzene rings is 2. The number of likely N-dealkylation sites (tertiary alicyclic amines) is 1. The van der Waals surface area contributed by atoms with Crippen LogP contribution < -0.4 is 14.8 Å². The summed E-state index contributed by atoms with van der Waals surface area (Å²) in [6.07, 6.45) is 1.44. The van der Waals surface area contributed by atoms with Crippen LogP contribution in [0.5, 0.6) is 11.5 Å². The van der Waals surface area contributed by atoms with E-state index in [0.717, 1.165) is 12.8 Å². The molecular formula is C21H24N2O4. The van der Waals surface area contributed by atoms with Gasteiger partial charge in [0.1, 0.15) is 11.5 Å². The average molecular weight is 368 g/mol. The minimum absolute atomic E-state index is 0.0107. The van der Waals surface area contributed by atoms with Crippen molar-refractivity contribution in [1.29, 1.82) is 0 Å². The van der Waals surface area contributed by atoms with Gasteiger partial charge in [-0.3, -0.25) is 9.59 Å². The number of ether oxygens (including phenoxy) is 2. The molecule has 1 N–H and O–H groups in total. The number of nitrogens with one attached hydrogen (secondary N) is 1. The first-order valence-corrected chi connectivity index (χ1v) is 8.99. The molecule has 3 rings (SSSR count). The van der Waals surface area contributed by atoms with Crippen LogP contribution in [0, 0.1) is 0 Å². The third-order valence-electron chi connectivity index (χ3n) is 4.79. The van der Waals surface area contributed by atoms with Crippen LogP contribution in [0.4, 0.5) is 0 Å². The molecule has 1 heterocycles. The Hall–Kier alpha value is -3.02. The Morgan fingerprint density at radius 3 is 2.44 bits per heavy atom. The average Bonchev–Trinajstić information content (AvgIpc) is 2.73. The van der Waals surface area contributed by atoms with E-state index in [1.807, 2.05) is 29.2 Å². The van der Waals surface area contributed by atoms with E-state index in [1.165, 1.54) is 0 Å². The third kappa shape index (κ3) is 4.39. The summed E-state index contributed by atoms with van der Waals surface area (Å²) in [6.45, 7) is 1.21. The number of methoxy groups -OCH3 is 2. The lowest BCUT2D eigenvalue weighted by Crippen LogP contribution is -2.46. The minimum atomic E-state index is -0.148. The van der Waals surface area contributed by atoms with E-state index in [2.05, 4.69) is 5.32 Å². The van der Waals surface area contributed by atoms with E-state index < -0.39 is 0 Å². The molecule has 142 valence electrons. The number of rotatable bonds is 5. The summed E-state index contributed by atoms with van der Waals surface area (Å²) in [5.74, 6) is 1.06. The van der Waals surface area contributed by atoms with Crippen molar-refractivity contribution in [3.63, 3.8) is 0 Å². The molecule has 0 atom stereocenters. The normalized spacial score (nSPS) is 14.5. The van der Waals surface area contributed by atoms with Crippen molar-refractivity contribution >= 4 is 11.8 Å². The molecule has 1 aliphatic heterocycles. The highest BCUT2D eigenvalue weighted by atomic mass is 16.5. The summed E-state index contributed by atoms with van der Waals surface area (Å²) in [6, 6.07) is 14.4. The number of hydrogen-bond acceptors (Lipinski definition) is 4. The van der Waals surface area contributed by atoms with E-state index in [-0.39, 0.29) is 17.9 Å². The molecule has 0 radical (unpaired) electrons. The molecule has 0 saturated carbocycles. The Morgan fingerprint density at radius 2 is 1.74 bits per heavy atom. The molecule has 1 saturated heterocycles. The molecular weight excluding hydrogens is 344 g/mol. The Labute approximate surface area is 159 Å². The number of nitrogens with zero attached hydrogens (tertiary/aromatic N) is 1. The zero-order valence-corrected chi connectivity index (χ0v) is 15.6. The Morgan fingerprint density at radius 1 is 1.00 bits per heavy atom. The van der Waals surface area contributed by atoms with E-state index in [9.17, 15) is 9.59 Å². The number of carbonyl (C=O) groups is 2. The summed E-state index contributed by atoms with van der Waals surface area (Å²) in [7, 11) is 3.13. The second kappa shape index (κ2) is 8.58. The van der Waals surface area contributed by atoms with Crippen molar-refractivity contribution in [2.75, 3.05) is 27.3 Å². The van der Waals surface area contributed by atoms with Crippen LogP contribution in [0.2, 0.25) is 0 Å². The Kier molecular flexibility index (Phi) is 5.96. The first-order chi connectivity index (χ1) is 13.1. The van der Waals surface area contributed by atoms with Gasteiger partial charge in [0.25, 0.3) is 11.8 Å². The summed E-state index contributed by atoms with van der Waals surface area (Å²) in [4.78, 5) is 27.0. The van der Waals surface area contributed by atoms with E-state index in [4.69, 9.17) is 9.47 Å². The van der Waals surface area contributed by atoms with Gasteiger partial charge in [0.05, 0.1) is 19.8 Å². The minimum Gasteiger partial charge on any atom is -0.497 e. The molecule has 1 fully saturated rings. The lowest BCUT2D eigenvalue weighted by molar-refractivity contribution is 0.0697. The highest BCUT2D eigenvalue weighted by Crippen LogP contribution is 2.20. The highest BCUT2D eigenvalue weighted by Gasteiger charge is 2.25. The third-order valence-corrected chi connectivity index (χ3v) is 4.79. The maximum atomic E-state index is 12.7. The second-order valence-electron chi connectivity index (χ2n) is 6.47. The maximum absolute atomic E-state index is 12.7. The van der Waals surface area contributed by atoms with Gasteiger partial charge in [-0.05, 0) is 43.2 Å². The zero-order valence-electron chi connectivity index (χ0n) is 15.6. The molecule has 0 bridgehead atoms. The van der Waals surface area contributed by atoms with Crippen molar-refractivity contribution < 1.29 is 19.1 Å². The predicted octanol–water partition coefficient (Wildman–Crippen LogP) is 2.74. The predicted molar refractivity (Wildman–Crippen MR) is 102 cm³/mol. The highest BCUT2D eigenvalue weighted by molar-refractivity contribution is 5.97. The number of amides is 2. The van der Waals surface area contributed by atoms with E-state index in [0.29, 0.717) is 35.7 Å². The summed E-state index contributed by atoms with van der Waals surface area (Å²) >= 11 is 0. The van der Waals surface area contributed by atoms with Gasteiger partial charge in [-0.15, -0.1) is 0 Å². The fourth-order valence-corrected chi connectivity index (χ4v) is 3.26. The quantitative estimate of drug-likeness (QED) is 0.881. The van der Waals surface area contributed by atoms with Crippen molar-refractivity contribution in [1.82, 2.24) is 10.2 Å². The zero-order chi connectivity index (χ0) is 19.2. The summed E-state index contributed by atoms with van der Waals surface area (Å²) < 4.78 is 10.4. The van der Waals surface area contributed by atoms with Crippen molar-refractivity contribution in [2.24, 2.45) is 0 Å². The lowest BCUT2D eigenvalue weighted by Gasteiger charge is -2.32. The molecule has 6 heteroatoms. The molecule has 0 aliphatic carbocycles. The Bertz CT molecular complexity index is 813. The number of piperidine rings is 1. The largest absolute Gasteiger partial charge is 0.497 e. The number of hydrogen-bond donors (Lipinski definition) is 1. The van der Waals surface area contributed by atoms with Crippen LogP contribution in [0.15, 0.2) is 48.5 Å². The van der Waals surface area contributed by atoms with Crippen LogP contribution in [-0.4, -0.2) is 50.1 Å². The fourth-order valence-electron chi connectivity index (χ4n) is 3.26. The topological polar surface area (TPSA) is 67.9 Å². The molecule has 1 aliphatic rings. The van der Waals surface area contributed by atoms with Crippen molar-refractivity contribution in [3.8, 4) is 11.5 Å². The van der Waals surface area contributed by atoms with Gasteiger partial charge >= 0.3 is 0 Å². The van der Waals surface area contributed by atoms with Gasteiger partial charge in [-0.25, -0.2) is 0 Å². The number of para-hydroxylation sites is 1. The van der Waals surface area contributed by atoms with Crippen LogP contribution in [0.1, 0.15) is 33.6 Å². The van der Waals surface area contributed by atoms with Crippen LogP contribution in [-0.2, 0) is 0 Å². The number of carbonyl (C=O) groups excluding carboxylic acids is 2. The standard InChI is InChI=1S/C21H24N2O4/c1-26-17-7-5-6-15(14-17)21(25)23-12-10-16(11-13-23)22-20(24)18-8-3-4-9-19(18)27-2/h3-9,14,16H,10-13H2,1-2H3,(H,22,24). The Balaban J connectivity index is 1.57. The van der Waals surface area contributed by atoms with E-state index in [1.54, 1.807) is 38.5 Å².